The summed E-state index contributed by atoms with van der Waals surface area (Å²) in [4.78, 5) is 10.6. The van der Waals surface area contributed by atoms with Gasteiger partial charge in [0.25, 0.3) is 5.69 Å². The summed E-state index contributed by atoms with van der Waals surface area (Å²) in [5.41, 5.74) is 0.665. The van der Waals surface area contributed by atoms with Crippen LogP contribution in [0.25, 0.3) is 0 Å². The number of hydrogen-bond acceptors (Lipinski definition) is 3. The molecule has 0 aliphatic heterocycles. The first-order chi connectivity index (χ1) is 8.15. The molecule has 2 aliphatic carbocycles. The van der Waals surface area contributed by atoms with Gasteiger partial charge in [0.15, 0.2) is 0 Å². The molecule has 1 aromatic carbocycles. The molecular weight excluding hydrogens is 240 g/mol. The number of nitro groups is 1. The Morgan fingerprint density at radius 2 is 2.24 bits per heavy atom. The summed E-state index contributed by atoms with van der Waals surface area (Å²) < 4.78 is 0. The Balaban J connectivity index is 1.85. The van der Waals surface area contributed by atoms with Gasteiger partial charge in [-0.2, -0.15) is 0 Å². The number of nitrogens with one attached hydrogen (secondary N) is 1. The van der Waals surface area contributed by atoms with Crippen molar-refractivity contribution < 1.29 is 4.92 Å². The van der Waals surface area contributed by atoms with Gasteiger partial charge in [0, 0.05) is 17.1 Å². The summed E-state index contributed by atoms with van der Waals surface area (Å²) in [6.45, 7) is 0. The molecule has 2 saturated carbocycles. The van der Waals surface area contributed by atoms with Crippen molar-refractivity contribution in [2.75, 3.05) is 5.32 Å². The van der Waals surface area contributed by atoms with Gasteiger partial charge >= 0.3 is 0 Å². The minimum absolute atomic E-state index is 0.110. The normalized spacial score (nSPS) is 29.8. The van der Waals surface area contributed by atoms with E-state index in [2.05, 4.69) is 5.32 Å². The molecular formula is C12H13ClN2O2. The van der Waals surface area contributed by atoms with Gasteiger partial charge in [-0.05, 0) is 43.2 Å². The Kier molecular flexibility index (Phi) is 2.47. The predicted molar refractivity (Wildman–Crippen MR) is 66.3 cm³/mol. The second-order valence-electron chi connectivity index (χ2n) is 4.91. The third-order valence-corrected chi connectivity index (χ3v) is 4.07. The van der Waals surface area contributed by atoms with Crippen molar-refractivity contribution in [3.63, 3.8) is 0 Å². The van der Waals surface area contributed by atoms with Crippen molar-refractivity contribution in [3.05, 3.63) is 33.3 Å². The Labute approximate surface area is 104 Å². The van der Waals surface area contributed by atoms with E-state index in [4.69, 9.17) is 11.6 Å². The van der Waals surface area contributed by atoms with E-state index >= 15 is 0 Å². The summed E-state index contributed by atoms with van der Waals surface area (Å²) in [7, 11) is 0. The highest BCUT2D eigenvalue weighted by Gasteiger charge is 2.48. The van der Waals surface area contributed by atoms with Gasteiger partial charge in [0.2, 0.25) is 0 Å². The van der Waals surface area contributed by atoms with Crippen LogP contribution in [0.1, 0.15) is 19.3 Å². The first-order valence-electron chi connectivity index (χ1n) is 5.85. The van der Waals surface area contributed by atoms with Crippen molar-refractivity contribution in [1.29, 1.82) is 0 Å². The van der Waals surface area contributed by atoms with E-state index in [1.807, 2.05) is 0 Å². The predicted octanol–water partition coefficient (Wildman–Crippen LogP) is 3.46. The van der Waals surface area contributed by atoms with Crippen LogP contribution < -0.4 is 5.32 Å². The van der Waals surface area contributed by atoms with Gasteiger partial charge in [-0.3, -0.25) is 10.1 Å². The summed E-state index contributed by atoms with van der Waals surface area (Å²) in [5, 5.41) is 14.7. The number of halogens is 1. The monoisotopic (exact) mass is 252 g/mol. The molecule has 17 heavy (non-hydrogen) atoms. The molecule has 5 heteroatoms. The van der Waals surface area contributed by atoms with Crippen LogP contribution in [0.2, 0.25) is 5.02 Å². The lowest BCUT2D eigenvalue weighted by molar-refractivity contribution is -0.384. The van der Waals surface area contributed by atoms with Crippen LogP contribution in [0.15, 0.2) is 18.2 Å². The van der Waals surface area contributed by atoms with Crippen molar-refractivity contribution in [1.82, 2.24) is 0 Å². The van der Waals surface area contributed by atoms with Gasteiger partial charge in [0.05, 0.1) is 4.92 Å². The highest BCUT2D eigenvalue weighted by molar-refractivity contribution is 6.31. The molecule has 1 unspecified atom stereocenters. The molecule has 1 N–H and O–H groups in total. The molecule has 4 nitrogen and oxygen atoms in total. The largest absolute Gasteiger partial charge is 0.376 e. The minimum atomic E-state index is -0.363. The molecule has 2 fully saturated rings. The van der Waals surface area contributed by atoms with E-state index < -0.39 is 0 Å². The standard InChI is InChI=1S/C12H13ClN2O2/c13-8-2-4-12(15(16)17)11(6-8)14-10-3-1-7-5-9(7)10/h2,4,6-7,9-10,14H,1,3,5H2/t7-,9+,10?/m0/s1. The van der Waals surface area contributed by atoms with E-state index in [-0.39, 0.29) is 10.6 Å². The number of nitro benzene ring substituents is 1. The smallest absolute Gasteiger partial charge is 0.292 e. The molecule has 0 aromatic heterocycles. The molecule has 2 aliphatic rings. The quantitative estimate of drug-likeness (QED) is 0.662. The van der Waals surface area contributed by atoms with Crippen molar-refractivity contribution >= 4 is 23.0 Å². The van der Waals surface area contributed by atoms with E-state index in [0.717, 1.165) is 12.3 Å². The molecule has 1 aromatic rings. The number of hydrogen-bond donors (Lipinski definition) is 1. The average molecular weight is 253 g/mol. The van der Waals surface area contributed by atoms with Crippen LogP contribution in [-0.4, -0.2) is 11.0 Å². The van der Waals surface area contributed by atoms with Gasteiger partial charge in [-0.15, -0.1) is 0 Å². The fraction of sp³-hybridized carbons (Fsp3) is 0.500. The van der Waals surface area contributed by atoms with Gasteiger partial charge < -0.3 is 5.32 Å². The lowest BCUT2D eigenvalue weighted by Crippen LogP contribution is -2.19. The minimum Gasteiger partial charge on any atom is -0.376 e. The summed E-state index contributed by atoms with van der Waals surface area (Å²) in [6, 6.07) is 5.05. The van der Waals surface area contributed by atoms with Crippen LogP contribution in [0.3, 0.4) is 0 Å². The molecule has 0 radical (unpaired) electrons. The zero-order valence-corrected chi connectivity index (χ0v) is 9.98. The fourth-order valence-electron chi connectivity index (χ4n) is 2.87. The molecule has 3 rings (SSSR count). The molecule has 0 spiro atoms. The first-order valence-corrected chi connectivity index (χ1v) is 6.23. The van der Waals surface area contributed by atoms with E-state index in [9.17, 15) is 10.1 Å². The first kappa shape index (κ1) is 10.8. The summed E-state index contributed by atoms with van der Waals surface area (Å²) in [6.07, 6.45) is 3.63. The van der Waals surface area contributed by atoms with Crippen LogP contribution in [0.4, 0.5) is 11.4 Å². The number of rotatable bonds is 3. The summed E-state index contributed by atoms with van der Waals surface area (Å²) >= 11 is 5.89. The molecule has 3 atom stereocenters. The van der Waals surface area contributed by atoms with Crippen LogP contribution in [-0.2, 0) is 0 Å². The number of anilines is 1. The Bertz CT molecular complexity index is 478. The average Bonchev–Trinajstić information content (AvgIpc) is 2.95. The maximum atomic E-state index is 10.9. The van der Waals surface area contributed by atoms with Crippen molar-refractivity contribution in [2.45, 2.75) is 25.3 Å². The van der Waals surface area contributed by atoms with E-state index in [1.165, 1.54) is 18.9 Å². The lowest BCUT2D eigenvalue weighted by atomic mass is 10.1. The Morgan fingerprint density at radius 3 is 2.82 bits per heavy atom. The van der Waals surface area contributed by atoms with Gasteiger partial charge in [-0.1, -0.05) is 11.6 Å². The van der Waals surface area contributed by atoms with Gasteiger partial charge in [-0.25, -0.2) is 0 Å². The molecule has 0 saturated heterocycles. The van der Waals surface area contributed by atoms with E-state index in [0.29, 0.717) is 22.7 Å². The highest BCUT2D eigenvalue weighted by atomic mass is 35.5. The number of nitrogens with zero attached hydrogens (tertiary/aromatic N) is 1. The third kappa shape index (κ3) is 1.97. The molecule has 0 amide bonds. The number of fused-ring (bicyclic) bond motifs is 1. The molecule has 0 heterocycles. The van der Waals surface area contributed by atoms with Crippen LogP contribution in [0.5, 0.6) is 0 Å². The summed E-state index contributed by atoms with van der Waals surface area (Å²) in [5.74, 6) is 1.57. The van der Waals surface area contributed by atoms with E-state index in [1.54, 1.807) is 12.1 Å². The van der Waals surface area contributed by atoms with Crippen molar-refractivity contribution in [2.24, 2.45) is 11.8 Å². The Hall–Kier alpha value is -1.29. The third-order valence-electron chi connectivity index (χ3n) is 3.84. The van der Waals surface area contributed by atoms with Crippen LogP contribution >= 0.6 is 11.6 Å². The van der Waals surface area contributed by atoms with Crippen LogP contribution in [0, 0.1) is 22.0 Å². The lowest BCUT2D eigenvalue weighted by Gasteiger charge is -2.15. The second-order valence-corrected chi connectivity index (χ2v) is 5.34. The van der Waals surface area contributed by atoms with Gasteiger partial charge in [0.1, 0.15) is 5.69 Å². The zero-order chi connectivity index (χ0) is 12.0. The molecule has 90 valence electrons. The van der Waals surface area contributed by atoms with Crippen molar-refractivity contribution in [3.8, 4) is 0 Å². The zero-order valence-electron chi connectivity index (χ0n) is 9.23. The fourth-order valence-corrected chi connectivity index (χ4v) is 3.04. The SMILES string of the molecule is O=[N+]([O-])c1ccc(Cl)cc1NC1CC[C@H]2C[C@@H]12. The topological polar surface area (TPSA) is 55.2 Å². The Morgan fingerprint density at radius 1 is 1.41 bits per heavy atom. The maximum absolute atomic E-state index is 10.9. The highest BCUT2D eigenvalue weighted by Crippen LogP contribution is 2.53. The molecule has 0 bridgehead atoms. The number of benzene rings is 1. The second kappa shape index (κ2) is 3.88. The maximum Gasteiger partial charge on any atom is 0.292 e.